The number of hydrogen-bond donors (Lipinski definition) is 2. The summed E-state index contributed by atoms with van der Waals surface area (Å²) in [5.74, 6) is -1.71. The van der Waals surface area contributed by atoms with E-state index < -0.39 is 27.3 Å². The predicted octanol–water partition coefficient (Wildman–Crippen LogP) is 2.53. The summed E-state index contributed by atoms with van der Waals surface area (Å²) in [5, 5.41) is 7.06. The number of amides is 1. The highest BCUT2D eigenvalue weighted by Crippen LogP contribution is 2.24. The fourth-order valence-electron chi connectivity index (χ4n) is 3.54. The number of nitrogens with one attached hydrogen (secondary N) is 2. The number of nitrogens with zero attached hydrogens (tertiary/aromatic N) is 4. The number of aromatic amines is 1. The highest BCUT2D eigenvalue weighted by molar-refractivity contribution is 7.89. The Morgan fingerprint density at radius 2 is 1.91 bits per heavy atom. The molecule has 34 heavy (non-hydrogen) atoms. The van der Waals surface area contributed by atoms with E-state index in [1.807, 2.05) is 0 Å². The summed E-state index contributed by atoms with van der Waals surface area (Å²) < 4.78 is 42.8. The van der Waals surface area contributed by atoms with Crippen LogP contribution in [-0.4, -0.2) is 51.5 Å². The molecule has 0 aliphatic carbocycles. The molecule has 0 bridgehead atoms. The first-order valence-electron chi connectivity index (χ1n) is 10.4. The van der Waals surface area contributed by atoms with Crippen LogP contribution in [0.5, 0.6) is 0 Å². The topological polar surface area (TPSA) is 130 Å². The van der Waals surface area contributed by atoms with Crippen LogP contribution in [0.3, 0.4) is 0 Å². The minimum absolute atomic E-state index is 0.183. The average molecular weight is 485 g/mol. The molecule has 0 saturated heterocycles. The number of benzene rings is 2. The number of H-pyrrole nitrogens is 1. The molecule has 0 saturated carbocycles. The number of para-hydroxylation sites is 2. The van der Waals surface area contributed by atoms with E-state index in [9.17, 15) is 22.4 Å². The molecule has 2 aromatic heterocycles. The van der Waals surface area contributed by atoms with Crippen LogP contribution in [0.1, 0.15) is 24.2 Å². The normalized spacial score (nSPS) is 11.8. The Morgan fingerprint density at radius 1 is 1.18 bits per heavy atom. The van der Waals surface area contributed by atoms with Gasteiger partial charge in [-0.1, -0.05) is 26.0 Å². The molecule has 2 aromatic carbocycles. The first kappa shape index (κ1) is 23.3. The van der Waals surface area contributed by atoms with E-state index in [2.05, 4.69) is 20.4 Å². The molecule has 0 spiro atoms. The molecule has 0 aliphatic heterocycles. The van der Waals surface area contributed by atoms with Crippen LogP contribution in [0.4, 0.5) is 10.1 Å². The van der Waals surface area contributed by atoms with Gasteiger partial charge in [-0.15, -0.1) is 0 Å². The molecule has 0 aliphatic rings. The van der Waals surface area contributed by atoms with Crippen LogP contribution in [0.2, 0.25) is 0 Å². The van der Waals surface area contributed by atoms with Crippen molar-refractivity contribution in [3.63, 3.8) is 0 Å². The molecule has 4 rings (SSSR count). The first-order chi connectivity index (χ1) is 16.3. The van der Waals surface area contributed by atoms with Crippen molar-refractivity contribution in [2.24, 2.45) is 0 Å². The molecule has 4 aromatic rings. The quantitative estimate of drug-likeness (QED) is 0.415. The monoisotopic (exact) mass is 484 g/mol. The molecule has 0 radical (unpaired) electrons. The second-order valence-corrected chi connectivity index (χ2v) is 9.17. The highest BCUT2D eigenvalue weighted by atomic mass is 32.2. The van der Waals surface area contributed by atoms with Crippen molar-refractivity contribution in [1.82, 2.24) is 24.1 Å². The van der Waals surface area contributed by atoms with Crippen molar-refractivity contribution in [3.8, 4) is 5.69 Å². The lowest BCUT2D eigenvalue weighted by atomic mass is 10.2. The van der Waals surface area contributed by atoms with Crippen molar-refractivity contribution < 1.29 is 17.6 Å². The van der Waals surface area contributed by atoms with Gasteiger partial charge in [0.15, 0.2) is 5.65 Å². The highest BCUT2D eigenvalue weighted by Gasteiger charge is 2.25. The number of carbonyl (C=O) groups excluding carboxylic acids is 1. The van der Waals surface area contributed by atoms with Crippen molar-refractivity contribution in [2.75, 3.05) is 18.4 Å². The molecule has 176 valence electrons. The van der Waals surface area contributed by atoms with E-state index >= 15 is 0 Å². The number of rotatable bonds is 7. The molecule has 0 unspecified atom stereocenters. The van der Waals surface area contributed by atoms with Crippen molar-refractivity contribution in [3.05, 3.63) is 76.7 Å². The lowest BCUT2D eigenvalue weighted by Crippen LogP contribution is -2.31. The fourth-order valence-corrected chi connectivity index (χ4v) is 5.02. The van der Waals surface area contributed by atoms with Gasteiger partial charge in [-0.2, -0.15) is 9.40 Å². The van der Waals surface area contributed by atoms with Gasteiger partial charge in [0.05, 0.1) is 34.4 Å². The van der Waals surface area contributed by atoms with Crippen LogP contribution in [0.15, 0.2) is 64.7 Å². The van der Waals surface area contributed by atoms with Crippen molar-refractivity contribution in [2.45, 2.75) is 18.7 Å². The Hall–Kier alpha value is -3.90. The largest absolute Gasteiger partial charge is 0.320 e. The molecule has 12 heteroatoms. The number of halogens is 1. The zero-order valence-electron chi connectivity index (χ0n) is 18.3. The number of carbonyl (C=O) groups is 1. The fraction of sp³-hybridized carbons (Fsp3) is 0.182. The van der Waals surface area contributed by atoms with Crippen molar-refractivity contribution in [1.29, 1.82) is 0 Å². The molecular weight excluding hydrogens is 463 g/mol. The second-order valence-electron chi connectivity index (χ2n) is 7.23. The van der Waals surface area contributed by atoms with Gasteiger partial charge in [0.1, 0.15) is 11.2 Å². The third kappa shape index (κ3) is 4.08. The molecule has 2 N–H and O–H groups in total. The summed E-state index contributed by atoms with van der Waals surface area (Å²) in [4.78, 5) is 31.4. The SMILES string of the molecule is CCN(CC)S(=O)(=O)c1ccc(F)c(C(=O)Nc2ccccc2-n2ncc3c(=O)[nH]cnc32)c1. The van der Waals surface area contributed by atoms with E-state index in [4.69, 9.17) is 0 Å². The maximum Gasteiger partial charge on any atom is 0.261 e. The molecular formula is C22H21FN6O4S. The van der Waals surface area contributed by atoms with E-state index in [0.717, 1.165) is 18.2 Å². The van der Waals surface area contributed by atoms with Gasteiger partial charge in [-0.25, -0.2) is 22.5 Å². The summed E-state index contributed by atoms with van der Waals surface area (Å²) >= 11 is 0. The van der Waals surface area contributed by atoms with Gasteiger partial charge in [-0.05, 0) is 30.3 Å². The third-order valence-corrected chi connectivity index (χ3v) is 7.32. The average Bonchev–Trinajstić information content (AvgIpc) is 3.25. The van der Waals surface area contributed by atoms with E-state index in [-0.39, 0.29) is 40.3 Å². The summed E-state index contributed by atoms with van der Waals surface area (Å²) in [6.45, 7) is 3.85. The molecule has 10 nitrogen and oxygen atoms in total. The van der Waals surface area contributed by atoms with Gasteiger partial charge in [0.25, 0.3) is 11.5 Å². The minimum Gasteiger partial charge on any atom is -0.320 e. The maximum atomic E-state index is 14.6. The number of aromatic nitrogens is 4. The number of fused-ring (bicyclic) bond motifs is 1. The molecule has 1 amide bonds. The van der Waals surface area contributed by atoms with Gasteiger partial charge in [-0.3, -0.25) is 9.59 Å². The van der Waals surface area contributed by atoms with E-state index in [1.54, 1.807) is 38.1 Å². The maximum absolute atomic E-state index is 14.6. The van der Waals surface area contributed by atoms with Crippen LogP contribution >= 0.6 is 0 Å². The van der Waals surface area contributed by atoms with Crippen LogP contribution < -0.4 is 10.9 Å². The summed E-state index contributed by atoms with van der Waals surface area (Å²) in [6, 6.07) is 9.67. The van der Waals surface area contributed by atoms with Crippen LogP contribution in [0, 0.1) is 5.82 Å². The van der Waals surface area contributed by atoms with E-state index in [0.29, 0.717) is 5.69 Å². The summed E-state index contributed by atoms with van der Waals surface area (Å²) in [7, 11) is -3.89. The summed E-state index contributed by atoms with van der Waals surface area (Å²) in [5.41, 5.74) is 0.116. The summed E-state index contributed by atoms with van der Waals surface area (Å²) in [6.07, 6.45) is 2.59. The Labute approximate surface area is 194 Å². The standard InChI is InChI=1S/C22H21FN6O4S/c1-3-28(4-2)34(32,33)14-9-10-17(23)15(11-14)22(31)27-18-7-5-6-8-19(18)29-20-16(12-26-29)21(30)25-13-24-20/h5-13H,3-4H2,1-2H3,(H,27,31)(H,24,25,30). The first-order valence-corrected chi connectivity index (χ1v) is 11.8. The lowest BCUT2D eigenvalue weighted by molar-refractivity contribution is 0.102. The van der Waals surface area contributed by atoms with Gasteiger partial charge >= 0.3 is 0 Å². The predicted molar refractivity (Wildman–Crippen MR) is 124 cm³/mol. The number of sulfonamides is 1. The molecule has 0 atom stereocenters. The van der Waals surface area contributed by atoms with E-state index in [1.165, 1.54) is 21.5 Å². The molecule has 0 fully saturated rings. The zero-order valence-corrected chi connectivity index (χ0v) is 19.1. The Kier molecular flexibility index (Phi) is 6.26. The zero-order chi connectivity index (χ0) is 24.5. The Balaban J connectivity index is 1.73. The van der Waals surface area contributed by atoms with Gasteiger partial charge in [0.2, 0.25) is 10.0 Å². The molecule has 2 heterocycles. The second kappa shape index (κ2) is 9.15. The third-order valence-electron chi connectivity index (χ3n) is 5.28. The lowest BCUT2D eigenvalue weighted by Gasteiger charge is -2.19. The van der Waals surface area contributed by atoms with Crippen LogP contribution in [-0.2, 0) is 10.0 Å². The van der Waals surface area contributed by atoms with Crippen molar-refractivity contribution >= 4 is 32.7 Å². The smallest absolute Gasteiger partial charge is 0.261 e. The van der Waals surface area contributed by atoms with Crippen LogP contribution in [0.25, 0.3) is 16.7 Å². The van der Waals surface area contributed by atoms with Gasteiger partial charge in [0, 0.05) is 13.1 Å². The number of hydrogen-bond acceptors (Lipinski definition) is 6. The Bertz CT molecular complexity index is 1540. The Morgan fingerprint density at radius 3 is 2.65 bits per heavy atom. The van der Waals surface area contributed by atoms with Gasteiger partial charge < -0.3 is 10.3 Å². The minimum atomic E-state index is -3.89. The number of anilines is 1.